The Hall–Kier alpha value is -2.08. The Morgan fingerprint density at radius 3 is 2.54 bits per heavy atom. The lowest BCUT2D eigenvalue weighted by Gasteiger charge is -2.12. The van der Waals surface area contributed by atoms with Crippen molar-refractivity contribution in [2.75, 3.05) is 6.54 Å². The molecule has 0 saturated heterocycles. The number of imidazole rings is 1. The van der Waals surface area contributed by atoms with Gasteiger partial charge in [-0.1, -0.05) is 42.5 Å². The number of nitrogens with one attached hydrogen (secondary N) is 1. The van der Waals surface area contributed by atoms with Gasteiger partial charge in [0.1, 0.15) is 0 Å². The van der Waals surface area contributed by atoms with Crippen LogP contribution >= 0.6 is 24.8 Å². The predicted molar refractivity (Wildman–Crippen MR) is 110 cm³/mol. The molecule has 1 atom stereocenters. The number of halogens is 2. The molecule has 0 fully saturated rings. The molecule has 0 aliphatic rings. The van der Waals surface area contributed by atoms with E-state index in [1.54, 1.807) is 0 Å². The third-order valence-corrected chi connectivity index (χ3v) is 4.06. The highest BCUT2D eigenvalue weighted by Gasteiger charge is 2.10. The summed E-state index contributed by atoms with van der Waals surface area (Å²) in [6, 6.07) is 17.5. The van der Waals surface area contributed by atoms with Crippen LogP contribution in [0, 0.1) is 0 Å². The van der Waals surface area contributed by atoms with Crippen LogP contribution in [0.25, 0.3) is 11.0 Å². The van der Waals surface area contributed by atoms with E-state index in [-0.39, 0.29) is 36.8 Å². The predicted octanol–water partition coefficient (Wildman–Crippen LogP) is 3.48. The second-order valence-corrected chi connectivity index (χ2v) is 5.85. The van der Waals surface area contributed by atoms with Crippen molar-refractivity contribution in [2.24, 2.45) is 5.73 Å². The van der Waals surface area contributed by atoms with Crippen molar-refractivity contribution in [3.05, 3.63) is 66.5 Å². The highest BCUT2D eigenvalue weighted by Crippen LogP contribution is 2.13. The maximum absolute atomic E-state index is 12.0. The number of para-hydroxylation sites is 2. The number of hydrogen-bond donors (Lipinski definition) is 2. The monoisotopic (exact) mass is 394 g/mol. The summed E-state index contributed by atoms with van der Waals surface area (Å²) in [5.74, 6) is -0.0122. The van der Waals surface area contributed by atoms with Gasteiger partial charge in [-0.2, -0.15) is 0 Å². The largest absolute Gasteiger partial charge is 0.356 e. The first-order chi connectivity index (χ1) is 11.7. The fourth-order valence-corrected chi connectivity index (χ4v) is 2.76. The molecule has 5 nitrogen and oxygen atoms in total. The summed E-state index contributed by atoms with van der Waals surface area (Å²) in [5.41, 5.74) is 9.17. The van der Waals surface area contributed by atoms with Gasteiger partial charge in [-0.25, -0.2) is 4.98 Å². The molecule has 3 rings (SSSR count). The molecule has 1 aromatic heterocycles. The van der Waals surface area contributed by atoms with Crippen molar-refractivity contribution < 1.29 is 4.79 Å². The minimum atomic E-state index is -0.260. The van der Waals surface area contributed by atoms with Gasteiger partial charge in [0.05, 0.1) is 17.4 Å². The van der Waals surface area contributed by atoms with E-state index in [1.165, 1.54) is 0 Å². The fourth-order valence-electron chi connectivity index (χ4n) is 2.76. The van der Waals surface area contributed by atoms with Crippen LogP contribution in [0.15, 0.2) is 60.9 Å². The van der Waals surface area contributed by atoms with Crippen LogP contribution < -0.4 is 11.1 Å². The lowest BCUT2D eigenvalue weighted by Crippen LogP contribution is -2.28. The van der Waals surface area contributed by atoms with E-state index in [1.807, 2.05) is 54.9 Å². The molecule has 140 valence electrons. The molecular formula is C19H24Cl2N4O. The van der Waals surface area contributed by atoms with Gasteiger partial charge in [0.2, 0.25) is 5.91 Å². The summed E-state index contributed by atoms with van der Waals surface area (Å²) in [6.07, 6.45) is 3.00. The Labute approximate surface area is 165 Å². The van der Waals surface area contributed by atoms with E-state index in [2.05, 4.69) is 20.9 Å². The van der Waals surface area contributed by atoms with Gasteiger partial charge in [0, 0.05) is 25.6 Å². The molecule has 2 aromatic carbocycles. The summed E-state index contributed by atoms with van der Waals surface area (Å²) in [4.78, 5) is 16.4. The number of aryl methyl sites for hydroxylation is 1. The van der Waals surface area contributed by atoms with Gasteiger partial charge in [0.25, 0.3) is 0 Å². The lowest BCUT2D eigenvalue weighted by atomic mass is 10.0. The topological polar surface area (TPSA) is 72.9 Å². The molecule has 0 saturated carbocycles. The average molecular weight is 395 g/mol. The van der Waals surface area contributed by atoms with Gasteiger partial charge in [-0.15, -0.1) is 24.8 Å². The number of rotatable bonds is 7. The van der Waals surface area contributed by atoms with Gasteiger partial charge >= 0.3 is 0 Å². The van der Waals surface area contributed by atoms with E-state index in [4.69, 9.17) is 5.73 Å². The van der Waals surface area contributed by atoms with Gasteiger partial charge in [-0.05, 0) is 24.1 Å². The Morgan fingerprint density at radius 1 is 1.08 bits per heavy atom. The van der Waals surface area contributed by atoms with Crippen LogP contribution in [0.1, 0.15) is 24.4 Å². The van der Waals surface area contributed by atoms with Crippen molar-refractivity contribution in [2.45, 2.75) is 25.4 Å². The van der Waals surface area contributed by atoms with Gasteiger partial charge in [0.15, 0.2) is 0 Å². The normalized spacial score (nSPS) is 11.3. The molecule has 0 bridgehead atoms. The Bertz CT molecular complexity index is 807. The van der Waals surface area contributed by atoms with Crippen LogP contribution in [-0.4, -0.2) is 22.0 Å². The van der Waals surface area contributed by atoms with Crippen molar-refractivity contribution in [3.63, 3.8) is 0 Å². The maximum atomic E-state index is 12.0. The van der Waals surface area contributed by atoms with Crippen LogP contribution in [0.3, 0.4) is 0 Å². The fraction of sp³-hybridized carbons (Fsp3) is 0.263. The number of aromatic nitrogens is 2. The molecule has 3 N–H and O–H groups in total. The highest BCUT2D eigenvalue weighted by atomic mass is 35.5. The molecule has 0 spiro atoms. The van der Waals surface area contributed by atoms with E-state index >= 15 is 0 Å². The number of fused-ring (bicyclic) bond motifs is 1. The number of hydrogen-bond acceptors (Lipinski definition) is 3. The molecule has 7 heteroatoms. The first kappa shape index (κ1) is 22.0. The number of nitrogens with two attached hydrogens (primary N) is 1. The summed E-state index contributed by atoms with van der Waals surface area (Å²) < 4.78 is 2.11. The third kappa shape index (κ3) is 5.73. The molecule has 1 heterocycles. The number of nitrogens with zero attached hydrogens (tertiary/aromatic N) is 2. The molecule has 0 radical (unpaired) electrons. The van der Waals surface area contributed by atoms with Gasteiger partial charge in [-0.3, -0.25) is 4.79 Å². The SMILES string of the molecule is Cl.Cl.NC(CC(=O)NCCCn1cnc2ccccc21)c1ccccc1. The minimum Gasteiger partial charge on any atom is -0.356 e. The van der Waals surface area contributed by atoms with Crippen molar-refractivity contribution in [1.29, 1.82) is 0 Å². The van der Waals surface area contributed by atoms with Crippen molar-refractivity contribution in [1.82, 2.24) is 14.9 Å². The number of carbonyl (C=O) groups is 1. The van der Waals surface area contributed by atoms with Crippen molar-refractivity contribution >= 4 is 41.8 Å². The zero-order valence-corrected chi connectivity index (χ0v) is 16.0. The Morgan fingerprint density at radius 2 is 1.77 bits per heavy atom. The maximum Gasteiger partial charge on any atom is 0.221 e. The zero-order chi connectivity index (χ0) is 16.8. The Balaban J connectivity index is 0.00000169. The highest BCUT2D eigenvalue weighted by molar-refractivity contribution is 5.85. The van der Waals surface area contributed by atoms with Gasteiger partial charge < -0.3 is 15.6 Å². The second kappa shape index (κ2) is 10.8. The first-order valence-electron chi connectivity index (χ1n) is 8.21. The van der Waals surface area contributed by atoms with Crippen LogP contribution in [-0.2, 0) is 11.3 Å². The third-order valence-electron chi connectivity index (χ3n) is 4.06. The molecule has 0 aliphatic heterocycles. The number of amides is 1. The van der Waals surface area contributed by atoms with E-state index in [0.29, 0.717) is 13.0 Å². The molecule has 26 heavy (non-hydrogen) atoms. The molecule has 0 aliphatic carbocycles. The zero-order valence-electron chi connectivity index (χ0n) is 14.4. The number of benzene rings is 2. The van der Waals surface area contributed by atoms with Crippen molar-refractivity contribution in [3.8, 4) is 0 Å². The van der Waals surface area contributed by atoms with E-state index in [9.17, 15) is 4.79 Å². The summed E-state index contributed by atoms with van der Waals surface area (Å²) in [7, 11) is 0. The van der Waals surface area contributed by atoms with Crippen LogP contribution in [0.4, 0.5) is 0 Å². The second-order valence-electron chi connectivity index (χ2n) is 5.85. The van der Waals surface area contributed by atoms with E-state index in [0.717, 1.165) is 29.6 Å². The molecule has 3 aromatic rings. The lowest BCUT2D eigenvalue weighted by molar-refractivity contribution is -0.121. The van der Waals surface area contributed by atoms with Crippen LogP contribution in [0.2, 0.25) is 0 Å². The quantitative estimate of drug-likeness (QED) is 0.602. The summed E-state index contributed by atoms with van der Waals surface area (Å²) in [5, 5.41) is 2.94. The standard InChI is InChI=1S/C19H22N4O.2ClH/c20-16(15-7-2-1-3-8-15)13-19(24)21-11-6-12-23-14-22-17-9-4-5-10-18(17)23;;/h1-5,7-10,14,16H,6,11-13,20H2,(H,21,24);2*1H. The molecule has 1 unspecified atom stereocenters. The molecular weight excluding hydrogens is 371 g/mol. The first-order valence-corrected chi connectivity index (χ1v) is 8.21. The summed E-state index contributed by atoms with van der Waals surface area (Å²) >= 11 is 0. The van der Waals surface area contributed by atoms with Crippen LogP contribution in [0.5, 0.6) is 0 Å². The smallest absolute Gasteiger partial charge is 0.221 e. The number of carbonyl (C=O) groups excluding carboxylic acids is 1. The summed E-state index contributed by atoms with van der Waals surface area (Å²) in [6.45, 7) is 1.46. The minimum absolute atomic E-state index is 0. The Kier molecular flexibility index (Phi) is 9.13. The molecule has 1 amide bonds. The average Bonchev–Trinajstić information content (AvgIpc) is 3.03. The van der Waals surface area contributed by atoms with E-state index < -0.39 is 0 Å².